The summed E-state index contributed by atoms with van der Waals surface area (Å²) in [5.74, 6) is 0.991. The number of hydrogen-bond acceptors (Lipinski definition) is 4. The van der Waals surface area contributed by atoms with Crippen LogP contribution in [0.2, 0.25) is 0 Å². The molecular weight excluding hydrogens is 284 g/mol. The first-order valence-electron chi connectivity index (χ1n) is 8.69. The number of fused-ring (bicyclic) bond motifs is 1. The molecule has 2 heterocycles. The normalized spacial score (nSPS) is 18.0. The van der Waals surface area contributed by atoms with Gasteiger partial charge < -0.3 is 10.2 Å². The Hall–Kier alpha value is -1.94. The number of rotatable bonds is 3. The van der Waals surface area contributed by atoms with Crippen LogP contribution >= 0.6 is 0 Å². The zero-order chi connectivity index (χ0) is 15.6. The van der Waals surface area contributed by atoms with E-state index < -0.39 is 0 Å². The Morgan fingerprint density at radius 1 is 1.13 bits per heavy atom. The van der Waals surface area contributed by atoms with Crippen LogP contribution in [-0.4, -0.2) is 36.1 Å². The molecule has 0 saturated carbocycles. The second-order valence-corrected chi connectivity index (χ2v) is 6.65. The first-order chi connectivity index (χ1) is 11.3. The average molecular weight is 308 g/mol. The van der Waals surface area contributed by atoms with Crippen LogP contribution in [-0.2, 0) is 12.8 Å². The smallest absolute Gasteiger partial charge is 0.147 e. The summed E-state index contributed by atoms with van der Waals surface area (Å²) < 4.78 is 0. The molecule has 1 aromatic heterocycles. The van der Waals surface area contributed by atoms with Gasteiger partial charge in [0.25, 0.3) is 0 Å². The van der Waals surface area contributed by atoms with Gasteiger partial charge >= 0.3 is 0 Å². The Morgan fingerprint density at radius 2 is 2.00 bits per heavy atom. The summed E-state index contributed by atoms with van der Waals surface area (Å²) >= 11 is 0. The first-order valence-corrected chi connectivity index (χ1v) is 8.69. The van der Waals surface area contributed by atoms with E-state index in [1.54, 1.807) is 0 Å². The Labute approximate surface area is 138 Å². The van der Waals surface area contributed by atoms with Crippen LogP contribution in [0.15, 0.2) is 30.6 Å². The van der Waals surface area contributed by atoms with Crippen LogP contribution in [0.1, 0.15) is 30.4 Å². The highest BCUT2D eigenvalue weighted by Gasteiger charge is 2.21. The number of nitrogens with one attached hydrogen (secondary N) is 1. The third-order valence-corrected chi connectivity index (χ3v) is 5.26. The zero-order valence-corrected chi connectivity index (χ0v) is 13.8. The highest BCUT2D eigenvalue weighted by atomic mass is 15.2. The van der Waals surface area contributed by atoms with Gasteiger partial charge in [-0.05, 0) is 56.3 Å². The lowest BCUT2D eigenvalue weighted by molar-refractivity contribution is 0.441. The summed E-state index contributed by atoms with van der Waals surface area (Å²) in [6.45, 7) is 2.18. The topological polar surface area (TPSA) is 41.1 Å². The van der Waals surface area contributed by atoms with Gasteiger partial charge in [-0.1, -0.05) is 18.2 Å². The minimum Gasteiger partial charge on any atom is -0.355 e. The fourth-order valence-electron chi connectivity index (χ4n) is 3.90. The molecule has 4 rings (SSSR count). The quantitative estimate of drug-likeness (QED) is 0.946. The molecule has 4 nitrogen and oxygen atoms in total. The van der Waals surface area contributed by atoms with Crippen LogP contribution in [0, 0.1) is 0 Å². The molecule has 0 atom stereocenters. The number of aryl methyl sites for hydroxylation is 1. The van der Waals surface area contributed by atoms with Crippen molar-refractivity contribution in [1.29, 1.82) is 0 Å². The van der Waals surface area contributed by atoms with Crippen LogP contribution in [0.25, 0.3) is 11.3 Å². The second-order valence-electron chi connectivity index (χ2n) is 6.65. The van der Waals surface area contributed by atoms with Crippen LogP contribution < -0.4 is 10.2 Å². The van der Waals surface area contributed by atoms with Gasteiger partial charge in [-0.3, -0.25) is 4.98 Å². The monoisotopic (exact) mass is 308 g/mol. The van der Waals surface area contributed by atoms with Gasteiger partial charge in [0.1, 0.15) is 5.82 Å². The lowest BCUT2D eigenvalue weighted by Gasteiger charge is -2.32. The van der Waals surface area contributed by atoms with Crippen molar-refractivity contribution in [2.45, 2.75) is 38.1 Å². The fourth-order valence-corrected chi connectivity index (χ4v) is 3.90. The molecule has 1 aliphatic carbocycles. The van der Waals surface area contributed by atoms with E-state index in [1.165, 1.54) is 48.8 Å². The number of piperidine rings is 1. The van der Waals surface area contributed by atoms with Crippen LogP contribution in [0.5, 0.6) is 0 Å². The van der Waals surface area contributed by atoms with Gasteiger partial charge in [0, 0.05) is 18.7 Å². The summed E-state index contributed by atoms with van der Waals surface area (Å²) in [5.41, 5.74) is 5.25. The standard InChI is InChI=1S/C19H24N4/c1-23(15-8-10-20-11-9-15)19-13-21-12-18(22-19)17-7-3-5-14-4-2-6-16(14)17/h3,5,7,12-13,15,20H,2,4,6,8-11H2,1H3. The van der Waals surface area contributed by atoms with E-state index in [9.17, 15) is 0 Å². The number of hydrogen-bond donors (Lipinski definition) is 1. The number of aromatic nitrogens is 2. The molecule has 2 aromatic rings. The molecule has 120 valence electrons. The summed E-state index contributed by atoms with van der Waals surface area (Å²) in [7, 11) is 2.15. The largest absolute Gasteiger partial charge is 0.355 e. The maximum absolute atomic E-state index is 4.94. The van der Waals surface area contributed by atoms with E-state index in [1.807, 2.05) is 12.4 Å². The summed E-state index contributed by atoms with van der Waals surface area (Å²) in [6, 6.07) is 7.17. The molecule has 1 N–H and O–H groups in total. The molecule has 23 heavy (non-hydrogen) atoms. The van der Waals surface area contributed by atoms with Crippen LogP contribution in [0.3, 0.4) is 0 Å². The maximum Gasteiger partial charge on any atom is 0.147 e. The molecule has 1 saturated heterocycles. The van der Waals surface area contributed by atoms with E-state index in [0.29, 0.717) is 6.04 Å². The van der Waals surface area contributed by atoms with E-state index in [0.717, 1.165) is 24.6 Å². The maximum atomic E-state index is 4.94. The first kappa shape index (κ1) is 14.6. The highest BCUT2D eigenvalue weighted by Crippen LogP contribution is 2.32. The highest BCUT2D eigenvalue weighted by molar-refractivity contribution is 5.67. The lowest BCUT2D eigenvalue weighted by atomic mass is 10.0. The Kier molecular flexibility index (Phi) is 4.00. The van der Waals surface area contributed by atoms with Crippen molar-refractivity contribution in [2.75, 3.05) is 25.0 Å². The molecule has 0 amide bonds. The molecule has 0 radical (unpaired) electrons. The summed E-state index contributed by atoms with van der Waals surface area (Å²) in [6.07, 6.45) is 9.77. The molecule has 0 bridgehead atoms. The number of nitrogens with zero attached hydrogens (tertiary/aromatic N) is 3. The minimum atomic E-state index is 0.558. The van der Waals surface area contributed by atoms with Gasteiger partial charge in [-0.15, -0.1) is 0 Å². The van der Waals surface area contributed by atoms with Gasteiger partial charge in [-0.2, -0.15) is 0 Å². The molecule has 1 fully saturated rings. The van der Waals surface area contributed by atoms with Crippen molar-refractivity contribution in [2.24, 2.45) is 0 Å². The van der Waals surface area contributed by atoms with Crippen molar-refractivity contribution in [1.82, 2.24) is 15.3 Å². The average Bonchev–Trinajstić information content (AvgIpc) is 3.10. The Morgan fingerprint density at radius 3 is 2.87 bits per heavy atom. The predicted molar refractivity (Wildman–Crippen MR) is 93.8 cm³/mol. The minimum absolute atomic E-state index is 0.558. The van der Waals surface area contributed by atoms with Gasteiger partial charge in [0.2, 0.25) is 0 Å². The predicted octanol–water partition coefficient (Wildman–Crippen LogP) is 2.82. The molecule has 0 spiro atoms. The van der Waals surface area contributed by atoms with Crippen molar-refractivity contribution >= 4 is 5.82 Å². The SMILES string of the molecule is CN(c1cncc(-c2cccc3c2CCC3)n1)C1CCNCC1. The van der Waals surface area contributed by atoms with Crippen molar-refractivity contribution < 1.29 is 0 Å². The number of benzene rings is 1. The summed E-state index contributed by atoms with van der Waals surface area (Å²) in [5, 5.41) is 3.42. The van der Waals surface area contributed by atoms with E-state index in [-0.39, 0.29) is 0 Å². The molecule has 4 heteroatoms. The molecule has 0 unspecified atom stereocenters. The lowest BCUT2D eigenvalue weighted by Crippen LogP contribution is -2.41. The summed E-state index contributed by atoms with van der Waals surface area (Å²) in [4.78, 5) is 11.7. The molecular formula is C19H24N4. The van der Waals surface area contributed by atoms with E-state index in [2.05, 4.69) is 40.4 Å². The van der Waals surface area contributed by atoms with Crippen LogP contribution in [0.4, 0.5) is 5.82 Å². The second kappa shape index (κ2) is 6.28. The number of anilines is 1. The third-order valence-electron chi connectivity index (χ3n) is 5.26. The van der Waals surface area contributed by atoms with Crippen molar-refractivity contribution in [3.8, 4) is 11.3 Å². The Bertz CT molecular complexity index is 692. The Balaban J connectivity index is 1.65. The van der Waals surface area contributed by atoms with Gasteiger partial charge in [-0.25, -0.2) is 4.98 Å². The molecule has 1 aromatic carbocycles. The van der Waals surface area contributed by atoms with Gasteiger partial charge in [0.05, 0.1) is 18.1 Å². The van der Waals surface area contributed by atoms with E-state index >= 15 is 0 Å². The zero-order valence-electron chi connectivity index (χ0n) is 13.8. The fraction of sp³-hybridized carbons (Fsp3) is 0.474. The van der Waals surface area contributed by atoms with Crippen molar-refractivity contribution in [3.63, 3.8) is 0 Å². The molecule has 1 aliphatic heterocycles. The van der Waals surface area contributed by atoms with Gasteiger partial charge in [0.15, 0.2) is 0 Å². The third kappa shape index (κ3) is 2.83. The van der Waals surface area contributed by atoms with Crippen molar-refractivity contribution in [3.05, 3.63) is 41.7 Å². The van der Waals surface area contributed by atoms with E-state index in [4.69, 9.17) is 4.98 Å². The molecule has 2 aliphatic rings.